The predicted molar refractivity (Wildman–Crippen MR) is 53.0 cm³/mol. The first-order chi connectivity index (χ1) is 4.89. The number of alkyl halides is 6. The van der Waals surface area contributed by atoms with Gasteiger partial charge in [-0.05, 0) is 0 Å². The Balaban J connectivity index is 2.87. The molecule has 0 aromatic rings. The van der Waals surface area contributed by atoms with E-state index < -0.39 is 25.8 Å². The van der Waals surface area contributed by atoms with Crippen molar-refractivity contribution in [3.63, 3.8) is 0 Å². The second-order valence-corrected chi connectivity index (χ2v) is 5.76. The summed E-state index contributed by atoms with van der Waals surface area (Å²) >= 11 is 34.7. The summed E-state index contributed by atoms with van der Waals surface area (Å²) in [6.07, 6.45) is 0. The van der Waals surface area contributed by atoms with Gasteiger partial charge in [0.1, 0.15) is 0 Å². The van der Waals surface area contributed by atoms with Crippen molar-refractivity contribution in [1.82, 2.24) is 0 Å². The van der Waals surface area contributed by atoms with E-state index in [0.29, 0.717) is 0 Å². The van der Waals surface area contributed by atoms with Crippen LogP contribution in [0, 0.1) is 0 Å². The quantitative estimate of drug-likeness (QED) is 0.593. The van der Waals surface area contributed by atoms with Gasteiger partial charge in [0.05, 0.1) is 21.5 Å². The van der Waals surface area contributed by atoms with Gasteiger partial charge in [-0.3, -0.25) is 0 Å². The summed E-state index contributed by atoms with van der Waals surface area (Å²) in [5.41, 5.74) is 0. The molecule has 66 valence electrons. The molecule has 1 aliphatic rings. The minimum atomic E-state index is -1.23. The summed E-state index contributed by atoms with van der Waals surface area (Å²) in [6, 6.07) is 0. The zero-order valence-electron chi connectivity index (χ0n) is 5.08. The maximum Gasteiger partial charge on any atom is 0.153 e. The second kappa shape index (κ2) is 3.48. The highest BCUT2D eigenvalue weighted by molar-refractivity contribution is 6.59. The van der Waals surface area contributed by atoms with Crippen molar-refractivity contribution in [2.24, 2.45) is 0 Å². The van der Waals surface area contributed by atoms with E-state index in [1.807, 2.05) is 0 Å². The van der Waals surface area contributed by atoms with Crippen LogP contribution in [0.5, 0.6) is 0 Å². The lowest BCUT2D eigenvalue weighted by Gasteiger charge is -2.19. The van der Waals surface area contributed by atoms with E-state index >= 15 is 0 Å². The smallest absolute Gasteiger partial charge is 0.120 e. The summed E-state index contributed by atoms with van der Waals surface area (Å²) in [5, 5.41) is -2.21. The zero-order chi connectivity index (χ0) is 8.81. The van der Waals surface area contributed by atoms with E-state index in [1.54, 1.807) is 0 Å². The fraction of sp³-hybridized carbons (Fsp3) is 1.00. The standard InChI is InChI=1S/C5H4Cl6/c6-1-2(7)4(9)5(10,11)3(1)8/h1-4H. The first kappa shape index (κ1) is 10.8. The lowest BCUT2D eigenvalue weighted by molar-refractivity contribution is 0.832. The predicted octanol–water partition coefficient (Wildman–Crippen LogP) is 3.60. The second-order valence-electron chi connectivity index (χ2n) is 2.37. The topological polar surface area (TPSA) is 0 Å². The number of hydrogen-bond donors (Lipinski definition) is 0. The average Bonchev–Trinajstić information content (AvgIpc) is 2.06. The minimum absolute atomic E-state index is 0.490. The molecular weight excluding hydrogens is 273 g/mol. The van der Waals surface area contributed by atoms with Crippen molar-refractivity contribution in [3.8, 4) is 0 Å². The first-order valence-electron chi connectivity index (χ1n) is 2.83. The fourth-order valence-electron chi connectivity index (χ4n) is 0.899. The summed E-state index contributed by atoms with van der Waals surface area (Å²) in [7, 11) is 0. The van der Waals surface area contributed by atoms with Crippen LogP contribution in [-0.2, 0) is 0 Å². The Hall–Kier alpha value is 1.74. The van der Waals surface area contributed by atoms with Crippen LogP contribution in [0.3, 0.4) is 0 Å². The molecule has 4 atom stereocenters. The van der Waals surface area contributed by atoms with Crippen molar-refractivity contribution < 1.29 is 0 Å². The molecule has 0 bridgehead atoms. The normalized spacial score (nSPS) is 49.6. The van der Waals surface area contributed by atoms with Gasteiger partial charge in [-0.1, -0.05) is 23.2 Å². The number of halogens is 6. The maximum atomic E-state index is 5.79. The van der Waals surface area contributed by atoms with Gasteiger partial charge in [0, 0.05) is 0 Å². The van der Waals surface area contributed by atoms with Gasteiger partial charge in [-0.25, -0.2) is 0 Å². The van der Waals surface area contributed by atoms with Gasteiger partial charge in [0.15, 0.2) is 4.33 Å². The molecular formula is C5H4Cl6. The molecule has 4 unspecified atom stereocenters. The lowest BCUT2D eigenvalue weighted by atomic mass is 10.3. The third-order valence-corrected chi connectivity index (χ3v) is 5.65. The van der Waals surface area contributed by atoms with Gasteiger partial charge in [0.25, 0.3) is 0 Å². The van der Waals surface area contributed by atoms with Crippen molar-refractivity contribution in [2.75, 3.05) is 0 Å². The van der Waals surface area contributed by atoms with E-state index in [0.717, 1.165) is 0 Å². The highest BCUT2D eigenvalue weighted by Gasteiger charge is 2.57. The molecule has 0 aromatic carbocycles. The molecule has 1 rings (SSSR count). The Labute approximate surface area is 95.0 Å². The maximum absolute atomic E-state index is 5.79. The molecule has 1 saturated carbocycles. The van der Waals surface area contributed by atoms with Crippen molar-refractivity contribution in [3.05, 3.63) is 0 Å². The molecule has 1 aliphatic carbocycles. The van der Waals surface area contributed by atoms with Crippen molar-refractivity contribution >= 4 is 69.6 Å². The van der Waals surface area contributed by atoms with Crippen LogP contribution in [0.15, 0.2) is 0 Å². The molecule has 0 saturated heterocycles. The van der Waals surface area contributed by atoms with Gasteiger partial charge >= 0.3 is 0 Å². The Bertz CT molecular complexity index is 141. The van der Waals surface area contributed by atoms with E-state index in [1.165, 1.54) is 0 Å². The molecule has 0 heterocycles. The van der Waals surface area contributed by atoms with Gasteiger partial charge in [-0.15, -0.1) is 46.4 Å². The third-order valence-electron chi connectivity index (χ3n) is 1.60. The Morgan fingerprint density at radius 2 is 1.00 bits per heavy atom. The molecule has 0 amide bonds. The van der Waals surface area contributed by atoms with Crippen LogP contribution in [0.4, 0.5) is 0 Å². The zero-order valence-corrected chi connectivity index (χ0v) is 9.61. The molecule has 0 spiro atoms. The van der Waals surface area contributed by atoms with Crippen molar-refractivity contribution in [2.45, 2.75) is 25.8 Å². The highest BCUT2D eigenvalue weighted by atomic mass is 35.5. The molecule has 0 radical (unpaired) electrons. The highest BCUT2D eigenvalue weighted by Crippen LogP contribution is 2.50. The van der Waals surface area contributed by atoms with Crippen LogP contribution in [0.25, 0.3) is 0 Å². The van der Waals surface area contributed by atoms with Crippen LogP contribution >= 0.6 is 69.6 Å². The van der Waals surface area contributed by atoms with E-state index in [-0.39, 0.29) is 0 Å². The van der Waals surface area contributed by atoms with E-state index in [2.05, 4.69) is 0 Å². The summed E-state index contributed by atoms with van der Waals surface area (Å²) in [5.74, 6) is 0. The first-order valence-corrected chi connectivity index (χ1v) is 5.33. The van der Waals surface area contributed by atoms with Crippen LogP contribution in [0.2, 0.25) is 0 Å². The molecule has 0 aromatic heterocycles. The van der Waals surface area contributed by atoms with Gasteiger partial charge in [-0.2, -0.15) is 0 Å². The molecule has 6 heteroatoms. The Morgan fingerprint density at radius 3 is 1.09 bits per heavy atom. The molecule has 0 N–H and O–H groups in total. The van der Waals surface area contributed by atoms with Crippen LogP contribution in [-0.4, -0.2) is 25.8 Å². The van der Waals surface area contributed by atoms with Crippen molar-refractivity contribution in [1.29, 1.82) is 0 Å². The van der Waals surface area contributed by atoms with Gasteiger partial charge < -0.3 is 0 Å². The molecule has 11 heavy (non-hydrogen) atoms. The van der Waals surface area contributed by atoms with Crippen LogP contribution in [0.1, 0.15) is 0 Å². The SMILES string of the molecule is ClC1C(Cl)C(Cl)C(Cl)(Cl)C1Cl. The summed E-state index contributed by atoms with van der Waals surface area (Å²) in [6.45, 7) is 0. The molecule has 0 nitrogen and oxygen atoms in total. The summed E-state index contributed by atoms with van der Waals surface area (Å²) in [4.78, 5) is 0. The number of hydrogen-bond acceptors (Lipinski definition) is 0. The Morgan fingerprint density at radius 1 is 0.727 bits per heavy atom. The lowest BCUT2D eigenvalue weighted by Crippen LogP contribution is -2.30. The van der Waals surface area contributed by atoms with E-state index in [9.17, 15) is 0 Å². The third kappa shape index (κ3) is 1.68. The molecule has 0 aliphatic heterocycles. The van der Waals surface area contributed by atoms with Crippen LogP contribution < -0.4 is 0 Å². The molecule has 1 fully saturated rings. The van der Waals surface area contributed by atoms with E-state index in [4.69, 9.17) is 69.6 Å². The monoisotopic (exact) mass is 274 g/mol. The fourth-order valence-corrected chi connectivity index (χ4v) is 3.19. The van der Waals surface area contributed by atoms with Gasteiger partial charge in [0.2, 0.25) is 0 Å². The summed E-state index contributed by atoms with van der Waals surface area (Å²) < 4.78 is -1.23. The Kier molecular flexibility index (Phi) is 3.42. The average molecular weight is 277 g/mol. The largest absolute Gasteiger partial charge is 0.153 e. The minimum Gasteiger partial charge on any atom is -0.120 e. The number of rotatable bonds is 0.